The van der Waals surface area contributed by atoms with E-state index in [4.69, 9.17) is 4.52 Å². The number of nitrogens with zero attached hydrogens (tertiary/aromatic N) is 5. The summed E-state index contributed by atoms with van der Waals surface area (Å²) in [6, 6.07) is 0. The van der Waals surface area contributed by atoms with Crippen LogP contribution >= 0.6 is 0 Å². The number of amides is 1. The van der Waals surface area contributed by atoms with Crippen molar-refractivity contribution in [3.05, 3.63) is 35.5 Å². The van der Waals surface area contributed by atoms with Gasteiger partial charge in [0.1, 0.15) is 5.69 Å². The summed E-state index contributed by atoms with van der Waals surface area (Å²) in [6.07, 6.45) is 8.32. The highest BCUT2D eigenvalue weighted by Crippen LogP contribution is 2.38. The Morgan fingerprint density at radius 3 is 2.92 bits per heavy atom. The summed E-state index contributed by atoms with van der Waals surface area (Å²) in [5.74, 6) is 2.37. The highest BCUT2D eigenvalue weighted by Gasteiger charge is 2.30. The lowest BCUT2D eigenvalue weighted by atomic mass is 9.94. The molecule has 0 spiro atoms. The summed E-state index contributed by atoms with van der Waals surface area (Å²) >= 11 is 0. The summed E-state index contributed by atoms with van der Waals surface area (Å²) in [5.41, 5.74) is 1.22. The highest BCUT2D eigenvalue weighted by molar-refractivity contribution is 5.92. The van der Waals surface area contributed by atoms with Crippen LogP contribution in [0.4, 0.5) is 0 Å². The monoisotopic (exact) mass is 327 g/mol. The fraction of sp³-hybridized carbons (Fsp3) is 0.588. The van der Waals surface area contributed by atoms with Crippen molar-refractivity contribution in [1.29, 1.82) is 0 Å². The minimum absolute atomic E-state index is 0.0450. The van der Waals surface area contributed by atoms with E-state index >= 15 is 0 Å². The molecule has 7 heteroatoms. The van der Waals surface area contributed by atoms with Crippen molar-refractivity contribution in [2.75, 3.05) is 13.1 Å². The third kappa shape index (κ3) is 3.29. The zero-order valence-electron chi connectivity index (χ0n) is 13.8. The number of carbonyl (C=O) groups is 1. The van der Waals surface area contributed by atoms with E-state index in [0.29, 0.717) is 30.0 Å². The van der Waals surface area contributed by atoms with E-state index in [-0.39, 0.29) is 5.91 Å². The van der Waals surface area contributed by atoms with Gasteiger partial charge in [-0.15, -0.1) is 0 Å². The van der Waals surface area contributed by atoms with E-state index < -0.39 is 0 Å². The van der Waals surface area contributed by atoms with Gasteiger partial charge in [0.15, 0.2) is 5.82 Å². The minimum atomic E-state index is -0.0450. The molecular formula is C17H21N5O2. The third-order valence-electron chi connectivity index (χ3n) is 4.70. The normalized spacial score (nSPS) is 21.0. The van der Waals surface area contributed by atoms with E-state index in [1.807, 2.05) is 11.8 Å². The first-order chi connectivity index (χ1) is 11.7. The number of likely N-dealkylation sites (tertiary alicyclic amines) is 1. The van der Waals surface area contributed by atoms with Crippen LogP contribution in [0, 0.1) is 12.8 Å². The fourth-order valence-electron chi connectivity index (χ4n) is 3.19. The van der Waals surface area contributed by atoms with Crippen LogP contribution in [0.2, 0.25) is 0 Å². The third-order valence-corrected chi connectivity index (χ3v) is 4.70. The molecule has 4 rings (SSSR count). The van der Waals surface area contributed by atoms with E-state index in [9.17, 15) is 4.79 Å². The van der Waals surface area contributed by atoms with Crippen molar-refractivity contribution < 1.29 is 9.32 Å². The van der Waals surface area contributed by atoms with Crippen molar-refractivity contribution >= 4 is 5.91 Å². The molecular weight excluding hydrogens is 306 g/mol. The van der Waals surface area contributed by atoms with E-state index in [0.717, 1.165) is 37.3 Å². The summed E-state index contributed by atoms with van der Waals surface area (Å²) in [5, 5.41) is 4.07. The number of aromatic nitrogens is 4. The standard InChI is InChI=1S/C17H21N5O2/c1-11-8-19-14(9-18-11)17(23)22-6-2-3-12(10-22)7-15-20-16(21-24-15)13-4-5-13/h8-9,12-13H,2-7,10H2,1H3/t12-/m1/s1. The molecule has 1 aliphatic carbocycles. The average molecular weight is 327 g/mol. The second-order valence-corrected chi connectivity index (χ2v) is 6.83. The van der Waals surface area contributed by atoms with Crippen LogP contribution in [-0.4, -0.2) is 44.0 Å². The van der Waals surface area contributed by atoms with Gasteiger partial charge in [0.05, 0.1) is 11.9 Å². The quantitative estimate of drug-likeness (QED) is 0.855. The SMILES string of the molecule is Cc1cnc(C(=O)N2CCC[C@H](Cc3nc(C4CC4)no3)C2)cn1. The topological polar surface area (TPSA) is 85.0 Å². The van der Waals surface area contributed by atoms with E-state index in [1.165, 1.54) is 12.8 Å². The van der Waals surface area contributed by atoms with Gasteiger partial charge < -0.3 is 9.42 Å². The van der Waals surface area contributed by atoms with Gasteiger partial charge in [-0.3, -0.25) is 9.78 Å². The Balaban J connectivity index is 1.39. The van der Waals surface area contributed by atoms with Crippen molar-refractivity contribution in [2.45, 2.75) is 44.9 Å². The molecule has 2 aromatic heterocycles. The second-order valence-electron chi connectivity index (χ2n) is 6.83. The fourth-order valence-corrected chi connectivity index (χ4v) is 3.19. The van der Waals surface area contributed by atoms with Crippen molar-refractivity contribution in [3.8, 4) is 0 Å². The first-order valence-electron chi connectivity index (χ1n) is 8.59. The first-order valence-corrected chi connectivity index (χ1v) is 8.59. The van der Waals surface area contributed by atoms with Crippen LogP contribution in [0.15, 0.2) is 16.9 Å². The summed E-state index contributed by atoms with van der Waals surface area (Å²) in [4.78, 5) is 27.3. The minimum Gasteiger partial charge on any atom is -0.339 e. The molecule has 7 nitrogen and oxygen atoms in total. The number of aryl methyl sites for hydroxylation is 1. The predicted octanol–water partition coefficient (Wildman–Crippen LogP) is 2.14. The lowest BCUT2D eigenvalue weighted by Crippen LogP contribution is -2.41. The van der Waals surface area contributed by atoms with Gasteiger partial charge in [0.25, 0.3) is 5.91 Å². The highest BCUT2D eigenvalue weighted by atomic mass is 16.5. The average Bonchev–Trinajstić information content (AvgIpc) is 3.35. The lowest BCUT2D eigenvalue weighted by molar-refractivity contribution is 0.0661. The molecule has 2 fully saturated rings. The van der Waals surface area contributed by atoms with Gasteiger partial charge in [0.2, 0.25) is 5.89 Å². The Bertz CT molecular complexity index is 723. The maximum atomic E-state index is 12.6. The lowest BCUT2D eigenvalue weighted by Gasteiger charge is -2.31. The Morgan fingerprint density at radius 2 is 2.17 bits per heavy atom. The Kier molecular flexibility index (Phi) is 4.00. The van der Waals surface area contributed by atoms with Crippen LogP contribution in [0.1, 0.15) is 59.5 Å². The van der Waals surface area contributed by atoms with Gasteiger partial charge in [0, 0.05) is 31.6 Å². The molecule has 1 aliphatic heterocycles. The molecule has 0 aromatic carbocycles. The summed E-state index contributed by atoms with van der Waals surface area (Å²) in [6.45, 7) is 3.33. The van der Waals surface area contributed by atoms with Crippen molar-refractivity contribution in [1.82, 2.24) is 25.0 Å². The molecule has 1 amide bonds. The smallest absolute Gasteiger partial charge is 0.274 e. The Morgan fingerprint density at radius 1 is 1.29 bits per heavy atom. The van der Waals surface area contributed by atoms with Gasteiger partial charge >= 0.3 is 0 Å². The van der Waals surface area contributed by atoms with Crippen LogP contribution in [-0.2, 0) is 6.42 Å². The molecule has 24 heavy (non-hydrogen) atoms. The van der Waals surface area contributed by atoms with E-state index in [2.05, 4.69) is 20.1 Å². The number of carbonyl (C=O) groups excluding carboxylic acids is 1. The molecule has 126 valence electrons. The van der Waals surface area contributed by atoms with E-state index in [1.54, 1.807) is 12.4 Å². The van der Waals surface area contributed by atoms with Gasteiger partial charge in [-0.2, -0.15) is 4.98 Å². The maximum absolute atomic E-state index is 12.6. The Hall–Kier alpha value is -2.31. The largest absolute Gasteiger partial charge is 0.339 e. The van der Waals surface area contributed by atoms with Crippen LogP contribution in [0.3, 0.4) is 0 Å². The molecule has 1 saturated heterocycles. The predicted molar refractivity (Wildman–Crippen MR) is 85.4 cm³/mol. The molecule has 1 saturated carbocycles. The number of piperidine rings is 1. The molecule has 0 N–H and O–H groups in total. The van der Waals surface area contributed by atoms with Crippen LogP contribution in [0.25, 0.3) is 0 Å². The molecule has 2 aliphatic rings. The second kappa shape index (κ2) is 6.30. The molecule has 0 radical (unpaired) electrons. The summed E-state index contributed by atoms with van der Waals surface area (Å²) < 4.78 is 5.38. The number of hydrogen-bond acceptors (Lipinski definition) is 6. The Labute approximate surface area is 140 Å². The zero-order valence-corrected chi connectivity index (χ0v) is 13.8. The molecule has 3 heterocycles. The molecule has 0 bridgehead atoms. The van der Waals surface area contributed by atoms with Crippen LogP contribution in [0.5, 0.6) is 0 Å². The number of hydrogen-bond donors (Lipinski definition) is 0. The van der Waals surface area contributed by atoms with Gasteiger partial charge in [-0.25, -0.2) is 4.98 Å². The van der Waals surface area contributed by atoms with Crippen molar-refractivity contribution in [3.63, 3.8) is 0 Å². The van der Waals surface area contributed by atoms with Gasteiger partial charge in [-0.1, -0.05) is 5.16 Å². The molecule has 0 unspecified atom stereocenters. The van der Waals surface area contributed by atoms with Crippen molar-refractivity contribution in [2.24, 2.45) is 5.92 Å². The first kappa shape index (κ1) is 15.2. The summed E-state index contributed by atoms with van der Waals surface area (Å²) in [7, 11) is 0. The zero-order chi connectivity index (χ0) is 16.5. The molecule has 1 atom stereocenters. The number of rotatable bonds is 4. The van der Waals surface area contributed by atoms with Crippen LogP contribution < -0.4 is 0 Å². The molecule has 2 aromatic rings. The maximum Gasteiger partial charge on any atom is 0.274 e. The van der Waals surface area contributed by atoms with Gasteiger partial charge in [-0.05, 0) is 38.5 Å².